The standard InChI is InChI=1S/C16H18N2O4S2/c1-3-22-16(21)15-18(13(20)9-10-23-11(2)19)17-14(24-15)12-7-5-4-6-8-12/h4-8,15H,3,9-10H2,1-2H3. The number of esters is 1. The van der Waals surface area contributed by atoms with Crippen LogP contribution in [0.5, 0.6) is 0 Å². The van der Waals surface area contributed by atoms with Gasteiger partial charge >= 0.3 is 5.97 Å². The number of hydrazone groups is 1. The maximum atomic E-state index is 12.4. The van der Waals surface area contributed by atoms with Gasteiger partial charge in [-0.15, -0.1) is 0 Å². The molecule has 1 aromatic rings. The van der Waals surface area contributed by atoms with Gasteiger partial charge in [-0.25, -0.2) is 9.80 Å². The summed E-state index contributed by atoms with van der Waals surface area (Å²) in [5.41, 5.74) is 0.838. The summed E-state index contributed by atoms with van der Waals surface area (Å²) in [6.45, 7) is 3.40. The van der Waals surface area contributed by atoms with Crippen LogP contribution in [0.15, 0.2) is 35.4 Å². The summed E-state index contributed by atoms with van der Waals surface area (Å²) in [5.74, 6) is -0.439. The SMILES string of the molecule is CCOC(=O)C1SC(c2ccccc2)=NN1C(=O)CCSC(C)=O. The molecule has 6 nitrogen and oxygen atoms in total. The lowest BCUT2D eigenvalue weighted by Gasteiger charge is -2.18. The van der Waals surface area contributed by atoms with Gasteiger partial charge in [0, 0.05) is 24.7 Å². The van der Waals surface area contributed by atoms with Crippen molar-refractivity contribution >= 4 is 45.6 Å². The van der Waals surface area contributed by atoms with Crippen molar-refractivity contribution in [1.82, 2.24) is 5.01 Å². The third kappa shape index (κ3) is 4.85. The average molecular weight is 366 g/mol. The molecule has 1 heterocycles. The van der Waals surface area contributed by atoms with E-state index in [0.29, 0.717) is 10.8 Å². The van der Waals surface area contributed by atoms with Gasteiger partial charge in [0.25, 0.3) is 0 Å². The molecule has 0 spiro atoms. The molecule has 24 heavy (non-hydrogen) atoms. The second-order valence-electron chi connectivity index (χ2n) is 4.82. The van der Waals surface area contributed by atoms with Crippen molar-refractivity contribution < 1.29 is 19.1 Å². The molecule has 1 amide bonds. The molecule has 1 aliphatic rings. The zero-order valence-electron chi connectivity index (χ0n) is 13.4. The normalized spacial score (nSPS) is 16.7. The molecular formula is C16H18N2O4S2. The van der Waals surface area contributed by atoms with Crippen LogP contribution in [-0.4, -0.2) is 44.8 Å². The van der Waals surface area contributed by atoms with E-state index in [2.05, 4.69) is 5.10 Å². The fourth-order valence-corrected chi connectivity index (χ4v) is 3.59. The van der Waals surface area contributed by atoms with Crippen molar-refractivity contribution in [3.63, 3.8) is 0 Å². The van der Waals surface area contributed by atoms with Gasteiger partial charge in [0.15, 0.2) is 5.12 Å². The van der Waals surface area contributed by atoms with Crippen molar-refractivity contribution in [2.75, 3.05) is 12.4 Å². The molecular weight excluding hydrogens is 348 g/mol. The van der Waals surface area contributed by atoms with Gasteiger partial charge in [-0.1, -0.05) is 53.9 Å². The Kier molecular flexibility index (Phi) is 6.86. The maximum absolute atomic E-state index is 12.4. The highest BCUT2D eigenvalue weighted by Crippen LogP contribution is 2.31. The van der Waals surface area contributed by atoms with Crippen LogP contribution in [0.25, 0.3) is 0 Å². The minimum atomic E-state index is -0.824. The number of ether oxygens (including phenoxy) is 1. The van der Waals surface area contributed by atoms with Crippen molar-refractivity contribution in [1.29, 1.82) is 0 Å². The van der Waals surface area contributed by atoms with Crippen LogP contribution in [0, 0.1) is 0 Å². The van der Waals surface area contributed by atoms with Gasteiger partial charge in [-0.3, -0.25) is 9.59 Å². The fourth-order valence-electron chi connectivity index (χ4n) is 1.98. The second-order valence-corrected chi connectivity index (χ2v) is 7.16. The highest BCUT2D eigenvalue weighted by atomic mass is 32.2. The molecule has 0 radical (unpaired) electrons. The lowest BCUT2D eigenvalue weighted by atomic mass is 10.2. The van der Waals surface area contributed by atoms with E-state index >= 15 is 0 Å². The van der Waals surface area contributed by atoms with Crippen LogP contribution in [0.2, 0.25) is 0 Å². The van der Waals surface area contributed by atoms with Gasteiger partial charge in [0.1, 0.15) is 5.04 Å². The smallest absolute Gasteiger partial charge is 0.341 e. The Morgan fingerprint density at radius 3 is 2.62 bits per heavy atom. The first kappa shape index (κ1) is 18.5. The number of thioether (sulfide) groups is 2. The number of carbonyl (C=O) groups is 3. The van der Waals surface area contributed by atoms with E-state index in [1.165, 1.54) is 23.7 Å². The third-order valence-electron chi connectivity index (χ3n) is 3.03. The molecule has 8 heteroatoms. The predicted molar refractivity (Wildman–Crippen MR) is 95.6 cm³/mol. The maximum Gasteiger partial charge on any atom is 0.341 e. The van der Waals surface area contributed by atoms with E-state index in [-0.39, 0.29) is 24.1 Å². The number of amides is 1. The van der Waals surface area contributed by atoms with Crippen LogP contribution in [-0.2, 0) is 19.1 Å². The Balaban J connectivity index is 2.14. The third-order valence-corrected chi connectivity index (χ3v) is 5.00. The number of carbonyl (C=O) groups excluding carboxylic acids is 3. The van der Waals surface area contributed by atoms with Crippen molar-refractivity contribution in [3.8, 4) is 0 Å². The lowest BCUT2D eigenvalue weighted by Crippen LogP contribution is -2.38. The zero-order valence-corrected chi connectivity index (χ0v) is 15.1. The summed E-state index contributed by atoms with van der Waals surface area (Å²) in [5, 5.41) is 5.21. The predicted octanol–water partition coefficient (Wildman–Crippen LogP) is 2.48. The molecule has 1 unspecified atom stereocenters. The minimum Gasteiger partial charge on any atom is -0.464 e. The topological polar surface area (TPSA) is 76.0 Å². The molecule has 1 atom stereocenters. The molecule has 0 N–H and O–H groups in total. The average Bonchev–Trinajstić information content (AvgIpc) is 3.01. The van der Waals surface area contributed by atoms with Crippen molar-refractivity contribution in [2.45, 2.75) is 25.6 Å². The van der Waals surface area contributed by atoms with E-state index in [1.807, 2.05) is 30.3 Å². The summed E-state index contributed by atoms with van der Waals surface area (Å²) in [6.07, 6.45) is 0.131. The molecule has 0 aromatic heterocycles. The lowest BCUT2D eigenvalue weighted by molar-refractivity contribution is -0.150. The first-order valence-corrected chi connectivity index (χ1v) is 9.32. The van der Waals surface area contributed by atoms with Gasteiger partial charge in [0.05, 0.1) is 6.61 Å². The van der Waals surface area contributed by atoms with Crippen LogP contribution in [0.1, 0.15) is 25.8 Å². The summed E-state index contributed by atoms with van der Waals surface area (Å²) >= 11 is 2.27. The van der Waals surface area contributed by atoms with Crippen LogP contribution in [0.3, 0.4) is 0 Å². The summed E-state index contributed by atoms with van der Waals surface area (Å²) in [7, 11) is 0. The summed E-state index contributed by atoms with van der Waals surface area (Å²) in [4.78, 5) is 35.5. The van der Waals surface area contributed by atoms with Crippen molar-refractivity contribution in [2.24, 2.45) is 5.10 Å². The van der Waals surface area contributed by atoms with E-state index in [1.54, 1.807) is 6.92 Å². The van der Waals surface area contributed by atoms with Gasteiger partial charge in [-0.2, -0.15) is 5.10 Å². The highest BCUT2D eigenvalue weighted by Gasteiger charge is 2.38. The Bertz CT molecular complexity index is 649. The zero-order chi connectivity index (χ0) is 17.5. The molecule has 1 aliphatic heterocycles. The first-order valence-electron chi connectivity index (χ1n) is 7.45. The van der Waals surface area contributed by atoms with Crippen molar-refractivity contribution in [3.05, 3.63) is 35.9 Å². The Labute approximate surface area is 149 Å². The van der Waals surface area contributed by atoms with Gasteiger partial charge in [0.2, 0.25) is 11.3 Å². The Morgan fingerprint density at radius 1 is 1.29 bits per heavy atom. The fraction of sp³-hybridized carbons (Fsp3) is 0.375. The highest BCUT2D eigenvalue weighted by molar-refractivity contribution is 8.15. The van der Waals surface area contributed by atoms with Crippen LogP contribution < -0.4 is 0 Å². The van der Waals surface area contributed by atoms with E-state index < -0.39 is 11.3 Å². The Morgan fingerprint density at radius 2 is 2.00 bits per heavy atom. The monoisotopic (exact) mass is 366 g/mol. The molecule has 0 fully saturated rings. The number of rotatable bonds is 6. The number of hydrogen-bond donors (Lipinski definition) is 0. The molecule has 128 valence electrons. The largest absolute Gasteiger partial charge is 0.464 e. The van der Waals surface area contributed by atoms with E-state index in [4.69, 9.17) is 4.74 Å². The molecule has 0 saturated carbocycles. The summed E-state index contributed by atoms with van der Waals surface area (Å²) in [6, 6.07) is 9.35. The Hall–Kier alpha value is -1.80. The second kappa shape index (κ2) is 8.89. The number of benzene rings is 1. The van der Waals surface area contributed by atoms with E-state index in [9.17, 15) is 14.4 Å². The summed E-state index contributed by atoms with van der Waals surface area (Å²) < 4.78 is 5.05. The quantitative estimate of drug-likeness (QED) is 0.720. The first-order chi connectivity index (χ1) is 11.5. The minimum absolute atomic E-state index is 0.0472. The molecule has 0 saturated heterocycles. The molecule has 2 rings (SSSR count). The van der Waals surface area contributed by atoms with Crippen LogP contribution >= 0.6 is 23.5 Å². The van der Waals surface area contributed by atoms with Gasteiger partial charge in [-0.05, 0) is 6.92 Å². The van der Waals surface area contributed by atoms with Crippen LogP contribution in [0.4, 0.5) is 0 Å². The van der Waals surface area contributed by atoms with E-state index in [0.717, 1.165) is 17.3 Å². The molecule has 0 aliphatic carbocycles. The number of hydrogen-bond acceptors (Lipinski definition) is 7. The number of nitrogens with zero attached hydrogens (tertiary/aromatic N) is 2. The molecule has 1 aromatic carbocycles. The molecule has 0 bridgehead atoms. The van der Waals surface area contributed by atoms with Gasteiger partial charge < -0.3 is 4.74 Å².